The molecular weight excluding hydrogens is 226 g/mol. The van der Waals surface area contributed by atoms with Crippen molar-refractivity contribution in [1.82, 2.24) is 0 Å². The van der Waals surface area contributed by atoms with Gasteiger partial charge in [-0.15, -0.1) is 0 Å². The Labute approximate surface area is 99.1 Å². The predicted molar refractivity (Wildman–Crippen MR) is 59.6 cm³/mol. The average Bonchev–Trinajstić information content (AvgIpc) is 2.21. The first-order chi connectivity index (χ1) is 7.59. The van der Waals surface area contributed by atoms with Gasteiger partial charge in [-0.2, -0.15) is 4.90 Å². The van der Waals surface area contributed by atoms with Crippen LogP contribution in [0.1, 0.15) is 19.3 Å². The summed E-state index contributed by atoms with van der Waals surface area (Å²) in [5, 5.41) is 12.8. The molecule has 0 heterocycles. The maximum Gasteiger partial charge on any atom is 0.224 e. The molecular formula is C11H11NO3S-2. The largest absolute Gasteiger partial charge is 0.778 e. The van der Waals surface area contributed by atoms with Crippen LogP contribution in [0.15, 0.2) is 29.2 Å². The molecule has 1 rings (SSSR count). The van der Waals surface area contributed by atoms with E-state index in [4.69, 9.17) is 12.6 Å². The summed E-state index contributed by atoms with van der Waals surface area (Å²) in [4.78, 5) is 22.1. The topological polar surface area (TPSA) is 69.2 Å². The molecule has 0 fully saturated rings. The Hall–Kier alpha value is -1.62. The number of nitrogens with one attached hydrogen (secondary N) is 1. The number of carboxylic acids is 1. The van der Waals surface area contributed by atoms with Crippen LogP contribution in [0.3, 0.4) is 0 Å². The molecule has 1 aromatic carbocycles. The number of carbonyl (C=O) groups excluding carboxylic acids is 2. The Morgan fingerprint density at radius 3 is 2.56 bits per heavy atom. The van der Waals surface area contributed by atoms with Crippen LogP contribution in [0.2, 0.25) is 0 Å². The maximum absolute atomic E-state index is 11.4. The standard InChI is InChI=1S/C11H13NO3S/c13-10(6-3-7-11(14)15)12-8-4-1-2-5-9(8)16/h1-2,4-5,16H,3,6-7H2,(H,12,13)(H,14,15)/p-2. The van der Waals surface area contributed by atoms with Crippen LogP contribution >= 0.6 is 0 Å². The van der Waals surface area contributed by atoms with E-state index >= 15 is 0 Å². The summed E-state index contributed by atoms with van der Waals surface area (Å²) >= 11 is 5.01. The highest BCUT2D eigenvalue weighted by molar-refractivity contribution is 7.59. The van der Waals surface area contributed by atoms with Gasteiger partial charge in [0.05, 0.1) is 0 Å². The lowest BCUT2D eigenvalue weighted by Crippen LogP contribution is -2.22. The molecule has 0 spiro atoms. The molecule has 5 heteroatoms. The number of carboxylic acid groups (broad SMARTS) is 1. The van der Waals surface area contributed by atoms with Gasteiger partial charge in [0, 0.05) is 18.1 Å². The summed E-state index contributed by atoms with van der Waals surface area (Å²) in [5.41, 5.74) is 0.580. The van der Waals surface area contributed by atoms with E-state index in [2.05, 4.69) is 5.32 Å². The summed E-state index contributed by atoms with van der Waals surface area (Å²) in [5.74, 6) is -1.38. The minimum atomic E-state index is -1.14. The van der Waals surface area contributed by atoms with E-state index in [0.717, 1.165) is 0 Å². The lowest BCUT2D eigenvalue weighted by atomic mass is 10.2. The van der Waals surface area contributed by atoms with Crippen molar-refractivity contribution >= 4 is 30.2 Å². The van der Waals surface area contributed by atoms with Gasteiger partial charge in [0.1, 0.15) is 0 Å². The van der Waals surface area contributed by atoms with Crippen molar-refractivity contribution in [3.63, 3.8) is 0 Å². The first-order valence-electron chi connectivity index (χ1n) is 4.85. The third kappa shape index (κ3) is 4.27. The number of para-hydroxylation sites is 1. The fourth-order valence-corrected chi connectivity index (χ4v) is 1.37. The number of benzene rings is 1. The first kappa shape index (κ1) is 12.4. The van der Waals surface area contributed by atoms with E-state index in [0.29, 0.717) is 10.6 Å². The molecule has 86 valence electrons. The number of carbonyl (C=O) groups is 2. The molecule has 0 unspecified atom stereocenters. The van der Waals surface area contributed by atoms with Gasteiger partial charge in [0.15, 0.2) is 0 Å². The monoisotopic (exact) mass is 237 g/mol. The third-order valence-corrected chi connectivity index (χ3v) is 2.30. The number of aliphatic carboxylic acids is 1. The van der Waals surface area contributed by atoms with Crippen molar-refractivity contribution in [3.05, 3.63) is 24.3 Å². The molecule has 4 nitrogen and oxygen atoms in total. The van der Waals surface area contributed by atoms with Gasteiger partial charge >= 0.3 is 0 Å². The summed E-state index contributed by atoms with van der Waals surface area (Å²) in [7, 11) is 0. The molecule has 0 bridgehead atoms. The number of amides is 1. The molecule has 0 atom stereocenters. The lowest BCUT2D eigenvalue weighted by molar-refractivity contribution is -0.305. The minimum absolute atomic E-state index is 0.108. The second-order valence-corrected chi connectivity index (χ2v) is 3.71. The van der Waals surface area contributed by atoms with Gasteiger partial charge in [-0.3, -0.25) is 4.79 Å². The highest BCUT2D eigenvalue weighted by Gasteiger charge is 2.01. The molecule has 0 aliphatic carbocycles. The molecule has 1 aromatic rings. The molecule has 0 aliphatic heterocycles. The number of hydrogen-bond acceptors (Lipinski definition) is 4. The van der Waals surface area contributed by atoms with E-state index in [9.17, 15) is 14.7 Å². The highest BCUT2D eigenvalue weighted by Crippen LogP contribution is 2.14. The molecule has 0 saturated carbocycles. The quantitative estimate of drug-likeness (QED) is 0.755. The number of hydrogen-bond donors (Lipinski definition) is 1. The summed E-state index contributed by atoms with van der Waals surface area (Å²) in [6.07, 6.45) is 0.314. The SMILES string of the molecule is O=C([O-])CCCC(=O)Nc1ccccc1[S-]. The van der Waals surface area contributed by atoms with Gasteiger partial charge in [-0.1, -0.05) is 18.2 Å². The Morgan fingerprint density at radius 2 is 1.94 bits per heavy atom. The number of rotatable bonds is 5. The van der Waals surface area contributed by atoms with E-state index in [1.165, 1.54) is 0 Å². The summed E-state index contributed by atoms with van der Waals surface area (Å²) in [6, 6.07) is 6.98. The van der Waals surface area contributed by atoms with Crippen LogP contribution in [0.25, 0.3) is 0 Å². The normalized spacial score (nSPS) is 9.75. The van der Waals surface area contributed by atoms with Gasteiger partial charge in [-0.25, -0.2) is 0 Å². The Bertz CT molecular complexity index is 393. The van der Waals surface area contributed by atoms with E-state index in [-0.39, 0.29) is 25.2 Å². The van der Waals surface area contributed by atoms with Crippen molar-refractivity contribution in [1.29, 1.82) is 0 Å². The zero-order valence-corrected chi connectivity index (χ0v) is 9.38. The van der Waals surface area contributed by atoms with Crippen molar-refractivity contribution in [2.24, 2.45) is 0 Å². The smallest absolute Gasteiger partial charge is 0.224 e. The Balaban J connectivity index is 2.40. The molecule has 1 N–H and O–H groups in total. The van der Waals surface area contributed by atoms with Crippen LogP contribution < -0.4 is 10.4 Å². The minimum Gasteiger partial charge on any atom is -0.778 e. The fraction of sp³-hybridized carbons (Fsp3) is 0.273. The highest BCUT2D eigenvalue weighted by atomic mass is 32.1. The molecule has 0 saturated heterocycles. The molecule has 0 aliphatic rings. The van der Waals surface area contributed by atoms with E-state index in [1.807, 2.05) is 0 Å². The molecule has 0 radical (unpaired) electrons. The first-order valence-corrected chi connectivity index (χ1v) is 5.26. The fourth-order valence-electron chi connectivity index (χ4n) is 1.18. The Kier molecular flexibility index (Phi) is 4.72. The van der Waals surface area contributed by atoms with E-state index < -0.39 is 5.97 Å². The van der Waals surface area contributed by atoms with Crippen molar-refractivity contribution in [3.8, 4) is 0 Å². The zero-order valence-electron chi connectivity index (χ0n) is 8.56. The van der Waals surface area contributed by atoms with Crippen LogP contribution in [0.5, 0.6) is 0 Å². The van der Waals surface area contributed by atoms with Gasteiger partial charge < -0.3 is 27.8 Å². The number of anilines is 1. The zero-order chi connectivity index (χ0) is 12.0. The van der Waals surface area contributed by atoms with Crippen molar-refractivity contribution < 1.29 is 14.7 Å². The summed E-state index contributed by atoms with van der Waals surface area (Å²) in [6.45, 7) is 0. The average molecular weight is 237 g/mol. The second-order valence-electron chi connectivity index (χ2n) is 3.27. The maximum atomic E-state index is 11.4. The second kappa shape index (κ2) is 6.07. The lowest BCUT2D eigenvalue weighted by Gasteiger charge is -2.14. The van der Waals surface area contributed by atoms with Crippen LogP contribution in [-0.4, -0.2) is 11.9 Å². The molecule has 1 amide bonds. The van der Waals surface area contributed by atoms with Gasteiger partial charge in [0.2, 0.25) is 5.91 Å². The van der Waals surface area contributed by atoms with Gasteiger partial charge in [-0.05, 0) is 18.9 Å². The van der Waals surface area contributed by atoms with Crippen LogP contribution in [0.4, 0.5) is 5.69 Å². The van der Waals surface area contributed by atoms with Crippen molar-refractivity contribution in [2.45, 2.75) is 24.2 Å². The molecule has 0 aromatic heterocycles. The molecule has 16 heavy (non-hydrogen) atoms. The summed E-state index contributed by atoms with van der Waals surface area (Å²) < 4.78 is 0. The predicted octanol–water partition coefficient (Wildman–Crippen LogP) is 0.451. The Morgan fingerprint density at radius 1 is 1.25 bits per heavy atom. The third-order valence-electron chi connectivity index (χ3n) is 1.95. The van der Waals surface area contributed by atoms with Crippen LogP contribution in [-0.2, 0) is 22.2 Å². The van der Waals surface area contributed by atoms with Crippen LogP contribution in [0, 0.1) is 0 Å². The van der Waals surface area contributed by atoms with E-state index in [1.54, 1.807) is 24.3 Å². The van der Waals surface area contributed by atoms with Gasteiger partial charge in [0.25, 0.3) is 0 Å². The van der Waals surface area contributed by atoms with Crippen molar-refractivity contribution in [2.75, 3.05) is 5.32 Å².